The second-order valence-corrected chi connectivity index (χ2v) is 6.46. The van der Waals surface area contributed by atoms with Gasteiger partial charge in [0, 0.05) is 16.7 Å². The first-order valence-electron chi connectivity index (χ1n) is 6.04. The quantitative estimate of drug-likeness (QED) is 0.670. The zero-order valence-corrected chi connectivity index (χ0v) is 12.4. The fourth-order valence-corrected chi connectivity index (χ4v) is 3.43. The molecule has 0 fully saturated rings. The van der Waals surface area contributed by atoms with Crippen molar-refractivity contribution in [3.63, 3.8) is 0 Å². The smallest absolute Gasteiger partial charge is 0.294 e. The third-order valence-electron chi connectivity index (χ3n) is 3.04. The predicted molar refractivity (Wildman–Crippen MR) is 81.9 cm³/mol. The summed E-state index contributed by atoms with van der Waals surface area (Å²) in [7, 11) is -3.79. The maximum absolute atomic E-state index is 11.9. The molecule has 1 N–H and O–H groups in total. The van der Waals surface area contributed by atoms with E-state index in [9.17, 15) is 18.5 Å². The summed E-state index contributed by atoms with van der Waals surface area (Å²) in [5.41, 5.74) is 0.212. The second kappa shape index (κ2) is 5.08. The molecule has 0 unspecified atom stereocenters. The van der Waals surface area contributed by atoms with Crippen molar-refractivity contribution in [3.8, 4) is 0 Å². The minimum absolute atomic E-state index is 0.0426. The van der Waals surface area contributed by atoms with Crippen molar-refractivity contribution in [2.75, 3.05) is 5.32 Å². The maximum Gasteiger partial charge on any atom is 0.294 e. The highest BCUT2D eigenvalue weighted by Gasteiger charge is 2.29. The zero-order valence-electron chi connectivity index (χ0n) is 10.9. The molecule has 0 radical (unpaired) electrons. The minimum atomic E-state index is -3.79. The van der Waals surface area contributed by atoms with E-state index in [4.69, 9.17) is 11.6 Å². The molecular formula is C13H8ClN3O4S. The third kappa shape index (κ3) is 2.42. The van der Waals surface area contributed by atoms with Gasteiger partial charge in [-0.15, -0.1) is 4.40 Å². The largest absolute Gasteiger partial charge is 0.333 e. The lowest BCUT2D eigenvalue weighted by atomic mass is 10.2. The predicted octanol–water partition coefficient (Wildman–Crippen LogP) is 2.81. The maximum atomic E-state index is 11.9. The van der Waals surface area contributed by atoms with E-state index in [1.165, 1.54) is 24.3 Å². The van der Waals surface area contributed by atoms with Crippen molar-refractivity contribution in [2.45, 2.75) is 4.90 Å². The second-order valence-electron chi connectivity index (χ2n) is 4.45. The van der Waals surface area contributed by atoms with Gasteiger partial charge < -0.3 is 5.32 Å². The zero-order chi connectivity index (χ0) is 15.9. The van der Waals surface area contributed by atoms with Crippen LogP contribution in [0.5, 0.6) is 0 Å². The minimum Gasteiger partial charge on any atom is -0.333 e. The van der Waals surface area contributed by atoms with Crippen LogP contribution in [0.15, 0.2) is 51.8 Å². The molecule has 1 aliphatic heterocycles. The number of hydrogen-bond acceptors (Lipinski definition) is 5. The van der Waals surface area contributed by atoms with Gasteiger partial charge in [0.25, 0.3) is 15.7 Å². The molecule has 0 amide bonds. The third-order valence-corrected chi connectivity index (χ3v) is 4.61. The Bertz CT molecular complexity index is 925. The molecule has 3 rings (SSSR count). The van der Waals surface area contributed by atoms with Crippen molar-refractivity contribution >= 4 is 38.8 Å². The lowest BCUT2D eigenvalue weighted by Crippen LogP contribution is -2.12. The number of anilines is 1. The molecular weight excluding hydrogens is 330 g/mol. The van der Waals surface area contributed by atoms with E-state index in [-0.39, 0.29) is 27.1 Å². The number of benzene rings is 2. The molecule has 0 atom stereocenters. The van der Waals surface area contributed by atoms with Crippen LogP contribution in [0.3, 0.4) is 0 Å². The van der Waals surface area contributed by atoms with Crippen LogP contribution in [0.1, 0.15) is 5.56 Å². The summed E-state index contributed by atoms with van der Waals surface area (Å²) >= 11 is 5.75. The van der Waals surface area contributed by atoms with Crippen molar-refractivity contribution in [1.82, 2.24) is 0 Å². The number of nitro benzene ring substituents is 1. The number of nitrogens with zero attached hydrogens (tertiary/aromatic N) is 2. The Hall–Kier alpha value is -2.45. The summed E-state index contributed by atoms with van der Waals surface area (Å²) in [5.74, 6) is 0.0426. The Labute approximate surface area is 130 Å². The molecule has 1 heterocycles. The SMILES string of the molecule is O=[N+]([O-])c1cc(Cl)ccc1NC1=NS(=O)(=O)c2ccccc21. The molecule has 7 nitrogen and oxygen atoms in total. The van der Waals surface area contributed by atoms with Crippen LogP contribution in [0, 0.1) is 10.1 Å². The van der Waals surface area contributed by atoms with Crippen LogP contribution < -0.4 is 5.32 Å². The number of fused-ring (bicyclic) bond motifs is 1. The molecule has 9 heteroatoms. The molecule has 0 bridgehead atoms. The van der Waals surface area contributed by atoms with Gasteiger partial charge in [0.2, 0.25) is 0 Å². The van der Waals surface area contributed by atoms with E-state index in [1.54, 1.807) is 18.2 Å². The molecule has 112 valence electrons. The van der Waals surface area contributed by atoms with E-state index < -0.39 is 14.9 Å². The van der Waals surface area contributed by atoms with Crippen molar-refractivity contribution in [1.29, 1.82) is 0 Å². The Morgan fingerprint density at radius 1 is 1.18 bits per heavy atom. The summed E-state index contributed by atoms with van der Waals surface area (Å²) in [6.45, 7) is 0. The average Bonchev–Trinajstić information content (AvgIpc) is 2.72. The van der Waals surface area contributed by atoms with Crippen LogP contribution in [0.2, 0.25) is 5.02 Å². The lowest BCUT2D eigenvalue weighted by Gasteiger charge is -2.07. The van der Waals surface area contributed by atoms with Gasteiger partial charge in [0.05, 0.1) is 4.92 Å². The Morgan fingerprint density at radius 2 is 1.91 bits per heavy atom. The summed E-state index contributed by atoms with van der Waals surface area (Å²) in [6, 6.07) is 10.3. The first kappa shape index (κ1) is 14.5. The van der Waals surface area contributed by atoms with Gasteiger partial charge in [-0.2, -0.15) is 8.42 Å². The van der Waals surface area contributed by atoms with Gasteiger partial charge in [-0.1, -0.05) is 23.7 Å². The fourth-order valence-electron chi connectivity index (χ4n) is 2.09. The molecule has 0 saturated carbocycles. The standard InChI is InChI=1S/C13H8ClN3O4S/c14-8-5-6-10(11(7-8)17(18)19)15-13-9-3-1-2-4-12(9)22(20,21)16-13/h1-7H,(H,15,16). The molecule has 2 aromatic rings. The van der Waals surface area contributed by atoms with Crippen LogP contribution in [-0.4, -0.2) is 19.2 Å². The Morgan fingerprint density at radius 3 is 2.64 bits per heavy atom. The lowest BCUT2D eigenvalue weighted by molar-refractivity contribution is -0.383. The first-order valence-corrected chi connectivity index (χ1v) is 7.85. The van der Waals surface area contributed by atoms with E-state index in [0.29, 0.717) is 5.56 Å². The summed E-state index contributed by atoms with van der Waals surface area (Å²) < 4.78 is 27.5. The summed E-state index contributed by atoms with van der Waals surface area (Å²) in [5, 5.41) is 14.0. The van der Waals surface area contributed by atoms with Crippen molar-refractivity contribution in [2.24, 2.45) is 4.40 Å². The number of amidine groups is 1. The van der Waals surface area contributed by atoms with E-state index in [0.717, 1.165) is 0 Å². The van der Waals surface area contributed by atoms with Gasteiger partial charge in [0.1, 0.15) is 10.6 Å². The van der Waals surface area contributed by atoms with Gasteiger partial charge >= 0.3 is 0 Å². The van der Waals surface area contributed by atoms with Crippen LogP contribution in [-0.2, 0) is 10.0 Å². The molecule has 22 heavy (non-hydrogen) atoms. The molecule has 0 aliphatic carbocycles. The Balaban J connectivity index is 2.08. The molecule has 2 aromatic carbocycles. The van der Waals surface area contributed by atoms with Crippen molar-refractivity contribution < 1.29 is 13.3 Å². The summed E-state index contributed by atoms with van der Waals surface area (Å²) in [6.07, 6.45) is 0. The van der Waals surface area contributed by atoms with Gasteiger partial charge in [0.15, 0.2) is 5.84 Å². The number of nitrogens with one attached hydrogen (secondary N) is 1. The highest BCUT2D eigenvalue weighted by Crippen LogP contribution is 2.31. The van der Waals surface area contributed by atoms with E-state index in [2.05, 4.69) is 9.71 Å². The van der Waals surface area contributed by atoms with Gasteiger partial charge in [-0.3, -0.25) is 10.1 Å². The van der Waals surface area contributed by atoms with E-state index in [1.807, 2.05) is 0 Å². The Kier molecular flexibility index (Phi) is 3.34. The normalized spacial score (nSPS) is 15.0. The van der Waals surface area contributed by atoms with Crippen LogP contribution in [0.25, 0.3) is 0 Å². The number of sulfonamides is 1. The first-order chi connectivity index (χ1) is 10.4. The van der Waals surface area contributed by atoms with Gasteiger partial charge in [-0.25, -0.2) is 0 Å². The van der Waals surface area contributed by atoms with Crippen LogP contribution in [0.4, 0.5) is 11.4 Å². The number of halogens is 1. The van der Waals surface area contributed by atoms with Crippen LogP contribution >= 0.6 is 11.6 Å². The topological polar surface area (TPSA) is 102 Å². The monoisotopic (exact) mass is 337 g/mol. The highest BCUT2D eigenvalue weighted by molar-refractivity contribution is 7.90. The van der Waals surface area contributed by atoms with Crippen molar-refractivity contribution in [3.05, 3.63) is 63.2 Å². The molecule has 0 saturated heterocycles. The summed E-state index contributed by atoms with van der Waals surface area (Å²) in [4.78, 5) is 10.5. The molecule has 0 spiro atoms. The fraction of sp³-hybridized carbons (Fsp3) is 0. The number of hydrogen-bond donors (Lipinski definition) is 1. The van der Waals surface area contributed by atoms with E-state index >= 15 is 0 Å². The number of rotatable bonds is 2. The molecule has 1 aliphatic rings. The molecule has 0 aromatic heterocycles. The van der Waals surface area contributed by atoms with Gasteiger partial charge in [-0.05, 0) is 24.3 Å². The average molecular weight is 338 g/mol. The number of nitro groups is 1. The highest BCUT2D eigenvalue weighted by atomic mass is 35.5.